The Morgan fingerprint density at radius 2 is 2.27 bits per heavy atom. The van der Waals surface area contributed by atoms with Crippen molar-refractivity contribution in [3.63, 3.8) is 0 Å². The molecule has 0 aromatic heterocycles. The van der Waals surface area contributed by atoms with Gasteiger partial charge in [0.25, 0.3) is 0 Å². The van der Waals surface area contributed by atoms with Crippen molar-refractivity contribution in [2.45, 2.75) is 46.1 Å². The SMILES string of the molecule is CCOC(=O)C(C)(C)C1(O)C=C(C)CC1. The summed E-state index contributed by atoms with van der Waals surface area (Å²) in [5.74, 6) is -0.335. The highest BCUT2D eigenvalue weighted by Crippen LogP contribution is 2.42. The van der Waals surface area contributed by atoms with Crippen LogP contribution in [0.4, 0.5) is 0 Å². The first-order chi connectivity index (χ1) is 6.83. The molecule has 0 aliphatic heterocycles. The van der Waals surface area contributed by atoms with E-state index in [1.54, 1.807) is 26.8 Å². The van der Waals surface area contributed by atoms with E-state index in [2.05, 4.69) is 0 Å². The first kappa shape index (κ1) is 12.2. The Labute approximate surface area is 91.1 Å². The quantitative estimate of drug-likeness (QED) is 0.575. The van der Waals surface area contributed by atoms with Gasteiger partial charge >= 0.3 is 5.97 Å². The van der Waals surface area contributed by atoms with E-state index in [-0.39, 0.29) is 5.97 Å². The lowest BCUT2D eigenvalue weighted by Gasteiger charge is -2.36. The van der Waals surface area contributed by atoms with Crippen molar-refractivity contribution in [3.8, 4) is 0 Å². The lowest BCUT2D eigenvalue weighted by atomic mass is 9.74. The van der Waals surface area contributed by atoms with Crippen LogP contribution >= 0.6 is 0 Å². The summed E-state index contributed by atoms with van der Waals surface area (Å²) < 4.78 is 4.99. The minimum absolute atomic E-state index is 0.335. The Balaban J connectivity index is 2.90. The molecule has 0 fully saturated rings. The summed E-state index contributed by atoms with van der Waals surface area (Å²) in [6.45, 7) is 7.56. The molecule has 3 nitrogen and oxygen atoms in total. The fourth-order valence-corrected chi connectivity index (χ4v) is 1.92. The van der Waals surface area contributed by atoms with E-state index in [0.29, 0.717) is 13.0 Å². The molecule has 0 aromatic rings. The number of allylic oxidation sites excluding steroid dienone is 1. The van der Waals surface area contributed by atoms with E-state index in [1.807, 2.05) is 6.92 Å². The molecule has 86 valence electrons. The van der Waals surface area contributed by atoms with Crippen LogP contribution in [0.5, 0.6) is 0 Å². The van der Waals surface area contributed by atoms with E-state index in [4.69, 9.17) is 4.74 Å². The Morgan fingerprint density at radius 3 is 2.67 bits per heavy atom. The van der Waals surface area contributed by atoms with Gasteiger partial charge in [-0.1, -0.05) is 11.6 Å². The first-order valence-corrected chi connectivity index (χ1v) is 5.41. The van der Waals surface area contributed by atoms with Gasteiger partial charge < -0.3 is 9.84 Å². The molecule has 0 saturated heterocycles. The van der Waals surface area contributed by atoms with Gasteiger partial charge in [-0.05, 0) is 40.5 Å². The molecule has 1 rings (SSSR count). The second-order valence-electron chi connectivity index (χ2n) is 4.76. The molecule has 15 heavy (non-hydrogen) atoms. The molecule has 1 aliphatic carbocycles. The average Bonchev–Trinajstić information content (AvgIpc) is 2.48. The van der Waals surface area contributed by atoms with Crippen molar-refractivity contribution in [1.82, 2.24) is 0 Å². The van der Waals surface area contributed by atoms with Crippen molar-refractivity contribution in [2.24, 2.45) is 5.41 Å². The van der Waals surface area contributed by atoms with Crippen molar-refractivity contribution >= 4 is 5.97 Å². The normalized spacial score (nSPS) is 26.3. The zero-order valence-corrected chi connectivity index (χ0v) is 9.96. The summed E-state index contributed by atoms with van der Waals surface area (Å²) in [5.41, 5.74) is -0.792. The predicted octanol–water partition coefficient (Wildman–Crippen LogP) is 2.05. The molecule has 1 unspecified atom stereocenters. The maximum absolute atomic E-state index is 11.8. The number of esters is 1. The van der Waals surface area contributed by atoms with Gasteiger partial charge in [0.2, 0.25) is 0 Å². The fraction of sp³-hybridized carbons (Fsp3) is 0.750. The van der Waals surface area contributed by atoms with Gasteiger partial charge in [-0.25, -0.2) is 0 Å². The van der Waals surface area contributed by atoms with Crippen molar-refractivity contribution < 1.29 is 14.6 Å². The van der Waals surface area contributed by atoms with Crippen LogP contribution in [-0.2, 0) is 9.53 Å². The van der Waals surface area contributed by atoms with Crippen LogP contribution < -0.4 is 0 Å². The second kappa shape index (κ2) is 3.97. The van der Waals surface area contributed by atoms with Crippen LogP contribution in [0, 0.1) is 5.41 Å². The van der Waals surface area contributed by atoms with Gasteiger partial charge in [0, 0.05) is 0 Å². The first-order valence-electron chi connectivity index (χ1n) is 5.41. The van der Waals surface area contributed by atoms with E-state index in [9.17, 15) is 9.90 Å². The largest absolute Gasteiger partial charge is 0.465 e. The van der Waals surface area contributed by atoms with Crippen molar-refractivity contribution in [2.75, 3.05) is 6.61 Å². The van der Waals surface area contributed by atoms with Gasteiger partial charge in [0.1, 0.15) is 0 Å². The standard InChI is InChI=1S/C12H20O3/c1-5-15-10(13)11(3,4)12(14)7-6-9(2)8-12/h8,14H,5-7H2,1-4H3. The number of rotatable bonds is 3. The van der Waals surface area contributed by atoms with Crippen LogP contribution in [0.25, 0.3) is 0 Å². The summed E-state index contributed by atoms with van der Waals surface area (Å²) >= 11 is 0. The summed E-state index contributed by atoms with van der Waals surface area (Å²) in [6, 6.07) is 0. The van der Waals surface area contributed by atoms with Gasteiger partial charge in [-0.2, -0.15) is 0 Å². The summed E-state index contributed by atoms with van der Waals surface area (Å²) in [4.78, 5) is 11.8. The van der Waals surface area contributed by atoms with Crippen molar-refractivity contribution in [3.05, 3.63) is 11.6 Å². The molecule has 0 amide bonds. The molecule has 0 aromatic carbocycles. The fourth-order valence-electron chi connectivity index (χ4n) is 1.92. The number of carbonyl (C=O) groups is 1. The highest BCUT2D eigenvalue weighted by Gasteiger charge is 2.50. The highest BCUT2D eigenvalue weighted by molar-refractivity contribution is 5.78. The van der Waals surface area contributed by atoms with Crippen LogP contribution in [-0.4, -0.2) is 23.3 Å². The minimum atomic E-state index is -1.05. The predicted molar refractivity (Wildman–Crippen MR) is 58.4 cm³/mol. The van der Waals surface area contributed by atoms with Gasteiger partial charge in [0.15, 0.2) is 0 Å². The molecule has 1 atom stereocenters. The van der Waals surface area contributed by atoms with Crippen LogP contribution in [0.15, 0.2) is 11.6 Å². The van der Waals surface area contributed by atoms with E-state index < -0.39 is 11.0 Å². The Morgan fingerprint density at radius 1 is 1.67 bits per heavy atom. The third-order valence-electron chi connectivity index (χ3n) is 3.25. The molecule has 0 radical (unpaired) electrons. The molecular weight excluding hydrogens is 192 g/mol. The average molecular weight is 212 g/mol. The minimum Gasteiger partial charge on any atom is -0.465 e. The Bertz CT molecular complexity index is 291. The van der Waals surface area contributed by atoms with E-state index in [1.165, 1.54) is 0 Å². The topological polar surface area (TPSA) is 46.5 Å². The summed E-state index contributed by atoms with van der Waals surface area (Å²) in [7, 11) is 0. The van der Waals surface area contributed by atoms with E-state index >= 15 is 0 Å². The molecule has 0 bridgehead atoms. The van der Waals surface area contributed by atoms with Crippen LogP contribution in [0.1, 0.15) is 40.5 Å². The van der Waals surface area contributed by atoms with Gasteiger partial charge in [-0.3, -0.25) is 4.79 Å². The smallest absolute Gasteiger partial charge is 0.314 e. The Kier molecular flexibility index (Phi) is 3.24. The molecular formula is C12H20O3. The van der Waals surface area contributed by atoms with Crippen LogP contribution in [0.3, 0.4) is 0 Å². The highest BCUT2D eigenvalue weighted by atomic mass is 16.5. The molecule has 3 heteroatoms. The number of hydrogen-bond acceptors (Lipinski definition) is 3. The second-order valence-corrected chi connectivity index (χ2v) is 4.76. The molecule has 0 spiro atoms. The lowest BCUT2D eigenvalue weighted by molar-refractivity contribution is -0.165. The molecule has 0 saturated carbocycles. The van der Waals surface area contributed by atoms with E-state index in [0.717, 1.165) is 12.0 Å². The maximum atomic E-state index is 11.8. The summed E-state index contributed by atoms with van der Waals surface area (Å²) in [6.07, 6.45) is 3.24. The third-order valence-corrected chi connectivity index (χ3v) is 3.25. The number of hydrogen-bond donors (Lipinski definition) is 1. The monoisotopic (exact) mass is 212 g/mol. The van der Waals surface area contributed by atoms with Crippen LogP contribution in [0.2, 0.25) is 0 Å². The number of aliphatic hydroxyl groups is 1. The Hall–Kier alpha value is -0.830. The van der Waals surface area contributed by atoms with Gasteiger partial charge in [0.05, 0.1) is 17.6 Å². The zero-order valence-electron chi connectivity index (χ0n) is 9.96. The lowest BCUT2D eigenvalue weighted by Crippen LogP contribution is -2.47. The molecule has 0 heterocycles. The van der Waals surface area contributed by atoms with Crippen molar-refractivity contribution in [1.29, 1.82) is 0 Å². The molecule has 1 N–H and O–H groups in total. The third kappa shape index (κ3) is 2.07. The number of carbonyl (C=O) groups excluding carboxylic acids is 1. The molecule has 1 aliphatic rings. The maximum Gasteiger partial charge on any atom is 0.314 e. The summed E-state index contributed by atoms with van der Waals surface area (Å²) in [5, 5.41) is 10.4. The zero-order chi connectivity index (χ0) is 11.7. The van der Waals surface area contributed by atoms with Gasteiger partial charge in [-0.15, -0.1) is 0 Å². The number of ether oxygens (including phenoxy) is 1.